The Morgan fingerprint density at radius 2 is 1.80 bits per heavy atom. The minimum Gasteiger partial charge on any atom is -0.347 e. The van der Waals surface area contributed by atoms with E-state index < -0.39 is 17.4 Å². The highest BCUT2D eigenvalue weighted by Gasteiger charge is 2.39. The van der Waals surface area contributed by atoms with Crippen LogP contribution in [0.2, 0.25) is 0 Å². The molecule has 0 N–H and O–H groups in total. The third kappa shape index (κ3) is 2.74. The van der Waals surface area contributed by atoms with Gasteiger partial charge >= 0.3 is 0 Å². The van der Waals surface area contributed by atoms with Crippen molar-refractivity contribution < 1.29 is 18.3 Å². The molecule has 1 spiro atoms. The van der Waals surface area contributed by atoms with E-state index in [-0.39, 0.29) is 12.1 Å². The molecule has 2 aliphatic rings. The Hall–Kier alpha value is -0.560. The summed E-state index contributed by atoms with van der Waals surface area (Å²) in [6.45, 7) is 2.97. The van der Waals surface area contributed by atoms with Crippen LogP contribution in [0.25, 0.3) is 0 Å². The van der Waals surface area contributed by atoms with Crippen LogP contribution in [-0.4, -0.2) is 37.0 Å². The normalized spacial score (nSPS) is 22.6. The third-order valence-electron chi connectivity index (χ3n) is 3.95. The first-order valence-corrected chi connectivity index (χ1v) is 7.52. The van der Waals surface area contributed by atoms with Crippen LogP contribution < -0.4 is 0 Å². The lowest BCUT2D eigenvalue weighted by atomic mass is 10.0. The first-order valence-electron chi connectivity index (χ1n) is 6.72. The summed E-state index contributed by atoms with van der Waals surface area (Å²) >= 11 is 3.09. The number of piperidine rings is 1. The lowest BCUT2D eigenvalue weighted by Crippen LogP contribution is -2.44. The summed E-state index contributed by atoms with van der Waals surface area (Å²) < 4.78 is 39.3. The third-order valence-corrected chi connectivity index (χ3v) is 4.56. The maximum absolute atomic E-state index is 13.9. The van der Waals surface area contributed by atoms with Crippen molar-refractivity contribution in [2.45, 2.75) is 25.2 Å². The second kappa shape index (κ2) is 5.67. The number of ether oxygens (including phenoxy) is 2. The summed E-state index contributed by atoms with van der Waals surface area (Å²) in [6.07, 6.45) is 1.48. The fraction of sp³-hybridized carbons (Fsp3) is 0.571. The molecule has 110 valence electrons. The van der Waals surface area contributed by atoms with Crippen molar-refractivity contribution in [2.24, 2.45) is 0 Å². The van der Waals surface area contributed by atoms with Gasteiger partial charge in [-0.05, 0) is 28.1 Å². The molecule has 2 heterocycles. The molecule has 1 aromatic carbocycles. The van der Waals surface area contributed by atoms with Crippen LogP contribution in [0, 0.1) is 11.6 Å². The molecule has 0 aromatic heterocycles. The molecular weight excluding hydrogens is 332 g/mol. The maximum Gasteiger partial charge on any atom is 0.170 e. The van der Waals surface area contributed by atoms with Gasteiger partial charge in [0.2, 0.25) is 0 Å². The quantitative estimate of drug-likeness (QED) is 0.767. The van der Waals surface area contributed by atoms with Crippen molar-refractivity contribution in [1.29, 1.82) is 0 Å². The molecule has 0 saturated carbocycles. The number of benzene rings is 1. The van der Waals surface area contributed by atoms with Crippen LogP contribution in [0.5, 0.6) is 0 Å². The molecule has 0 atom stereocenters. The van der Waals surface area contributed by atoms with Gasteiger partial charge in [-0.25, -0.2) is 8.78 Å². The molecule has 2 saturated heterocycles. The fourth-order valence-corrected chi connectivity index (χ4v) is 3.15. The van der Waals surface area contributed by atoms with Gasteiger partial charge in [0.15, 0.2) is 5.79 Å². The van der Waals surface area contributed by atoms with Crippen LogP contribution in [0.4, 0.5) is 8.78 Å². The largest absolute Gasteiger partial charge is 0.347 e. The Labute approximate surface area is 125 Å². The highest BCUT2D eigenvalue weighted by molar-refractivity contribution is 9.10. The summed E-state index contributed by atoms with van der Waals surface area (Å²) in [5.41, 5.74) is 0.114. The molecule has 6 heteroatoms. The second-order valence-electron chi connectivity index (χ2n) is 5.21. The van der Waals surface area contributed by atoms with E-state index in [0.29, 0.717) is 30.8 Å². The second-order valence-corrected chi connectivity index (χ2v) is 6.06. The summed E-state index contributed by atoms with van der Waals surface area (Å²) in [4.78, 5) is 2.03. The van der Waals surface area contributed by atoms with E-state index in [4.69, 9.17) is 9.47 Å². The van der Waals surface area contributed by atoms with Gasteiger partial charge in [0.05, 0.1) is 17.7 Å². The van der Waals surface area contributed by atoms with Gasteiger partial charge in [0.1, 0.15) is 11.6 Å². The van der Waals surface area contributed by atoms with Crippen LogP contribution in [0.3, 0.4) is 0 Å². The first-order chi connectivity index (χ1) is 9.60. The highest BCUT2D eigenvalue weighted by Crippen LogP contribution is 2.32. The smallest absolute Gasteiger partial charge is 0.170 e. The van der Waals surface area contributed by atoms with Gasteiger partial charge in [0, 0.05) is 38.0 Å². The van der Waals surface area contributed by atoms with Crippen LogP contribution >= 0.6 is 15.9 Å². The molecule has 0 unspecified atom stereocenters. The van der Waals surface area contributed by atoms with Crippen molar-refractivity contribution in [3.63, 3.8) is 0 Å². The van der Waals surface area contributed by atoms with Crippen molar-refractivity contribution >= 4 is 15.9 Å². The molecule has 0 aliphatic carbocycles. The van der Waals surface area contributed by atoms with Gasteiger partial charge < -0.3 is 9.47 Å². The van der Waals surface area contributed by atoms with E-state index in [1.165, 1.54) is 12.1 Å². The Morgan fingerprint density at radius 1 is 1.15 bits per heavy atom. The van der Waals surface area contributed by atoms with E-state index in [2.05, 4.69) is 15.9 Å². The minimum atomic E-state index is -0.515. The summed E-state index contributed by atoms with van der Waals surface area (Å²) in [5, 5.41) is 0. The van der Waals surface area contributed by atoms with E-state index in [1.54, 1.807) is 0 Å². The molecule has 3 nitrogen and oxygen atoms in total. The predicted octanol–water partition coefficient (Wildman–Crippen LogP) is 3.07. The van der Waals surface area contributed by atoms with Crippen LogP contribution in [0.15, 0.2) is 16.6 Å². The molecule has 0 bridgehead atoms. The van der Waals surface area contributed by atoms with Crippen molar-refractivity contribution in [1.82, 2.24) is 4.90 Å². The molecule has 2 fully saturated rings. The minimum absolute atomic E-state index is 0.114. The zero-order valence-electron chi connectivity index (χ0n) is 11.0. The zero-order valence-corrected chi connectivity index (χ0v) is 12.6. The average molecular weight is 348 g/mol. The number of hydrogen-bond donors (Lipinski definition) is 0. The maximum atomic E-state index is 13.9. The number of likely N-dealkylation sites (tertiary alicyclic amines) is 1. The SMILES string of the molecule is Fc1ccc(Br)c(F)c1CN1CCC2(CC1)OCCO2. The number of halogens is 3. The van der Waals surface area contributed by atoms with E-state index in [9.17, 15) is 8.78 Å². The highest BCUT2D eigenvalue weighted by atomic mass is 79.9. The Bertz CT molecular complexity index is 496. The van der Waals surface area contributed by atoms with Gasteiger partial charge in [0.25, 0.3) is 0 Å². The number of hydrogen-bond acceptors (Lipinski definition) is 3. The first kappa shape index (κ1) is 14.4. The van der Waals surface area contributed by atoms with Crippen LogP contribution in [-0.2, 0) is 16.0 Å². The molecule has 1 aromatic rings. The Morgan fingerprint density at radius 3 is 2.45 bits per heavy atom. The van der Waals surface area contributed by atoms with Gasteiger partial charge in [-0.1, -0.05) is 0 Å². The molecular formula is C14H16BrF2NO2. The van der Waals surface area contributed by atoms with Crippen molar-refractivity contribution in [3.05, 3.63) is 33.8 Å². The summed E-state index contributed by atoms with van der Waals surface area (Å²) in [7, 11) is 0. The average Bonchev–Trinajstić information content (AvgIpc) is 2.90. The Balaban J connectivity index is 1.67. The van der Waals surface area contributed by atoms with Gasteiger partial charge in [-0.3, -0.25) is 4.90 Å². The number of rotatable bonds is 2. The van der Waals surface area contributed by atoms with Crippen molar-refractivity contribution in [3.8, 4) is 0 Å². The fourth-order valence-electron chi connectivity index (χ4n) is 2.78. The molecule has 0 radical (unpaired) electrons. The lowest BCUT2D eigenvalue weighted by Gasteiger charge is -2.37. The van der Waals surface area contributed by atoms with E-state index >= 15 is 0 Å². The van der Waals surface area contributed by atoms with Crippen LogP contribution in [0.1, 0.15) is 18.4 Å². The molecule has 2 aliphatic heterocycles. The molecule has 20 heavy (non-hydrogen) atoms. The standard InChI is InChI=1S/C14H16BrF2NO2/c15-11-1-2-12(16)10(13(11)17)9-18-5-3-14(4-6-18)19-7-8-20-14/h1-2H,3-9H2. The zero-order chi connectivity index (χ0) is 14.2. The lowest BCUT2D eigenvalue weighted by molar-refractivity contribution is -0.185. The van der Waals surface area contributed by atoms with Gasteiger partial charge in [-0.15, -0.1) is 0 Å². The van der Waals surface area contributed by atoms with Crippen molar-refractivity contribution in [2.75, 3.05) is 26.3 Å². The Kier molecular flexibility index (Phi) is 4.08. The van der Waals surface area contributed by atoms with Gasteiger partial charge in [-0.2, -0.15) is 0 Å². The van der Waals surface area contributed by atoms with E-state index in [0.717, 1.165) is 12.8 Å². The van der Waals surface area contributed by atoms with E-state index in [1.807, 2.05) is 4.90 Å². The predicted molar refractivity (Wildman–Crippen MR) is 73.2 cm³/mol. The summed E-state index contributed by atoms with van der Waals surface area (Å²) in [6, 6.07) is 2.68. The topological polar surface area (TPSA) is 21.7 Å². The summed E-state index contributed by atoms with van der Waals surface area (Å²) in [5.74, 6) is -1.47. The molecule has 0 amide bonds. The number of nitrogens with zero attached hydrogens (tertiary/aromatic N) is 1. The monoisotopic (exact) mass is 347 g/mol. The molecule has 3 rings (SSSR count).